The van der Waals surface area contributed by atoms with Crippen molar-refractivity contribution >= 4 is 5.91 Å². The summed E-state index contributed by atoms with van der Waals surface area (Å²) in [6.45, 7) is 1.41. The molecule has 188 valence electrons. The van der Waals surface area contributed by atoms with Crippen LogP contribution in [0.4, 0.5) is 0 Å². The summed E-state index contributed by atoms with van der Waals surface area (Å²) in [4.78, 5) is 13.5. The smallest absolute Gasteiger partial charge is 0.251 e. The molecule has 2 unspecified atom stereocenters. The van der Waals surface area contributed by atoms with E-state index in [1.807, 2.05) is 30.3 Å². The van der Waals surface area contributed by atoms with Crippen molar-refractivity contribution in [3.05, 3.63) is 47.5 Å². The highest BCUT2D eigenvalue weighted by Gasteiger charge is 2.29. The van der Waals surface area contributed by atoms with Crippen molar-refractivity contribution in [1.29, 1.82) is 0 Å². The number of rotatable bonds is 11. The van der Waals surface area contributed by atoms with Crippen LogP contribution < -0.4 is 24.3 Å². The molecule has 2 aromatic carbocycles. The Kier molecular flexibility index (Phi) is 7.35. The number of carbonyl (C=O) groups is 1. The van der Waals surface area contributed by atoms with Crippen LogP contribution >= 0.6 is 0 Å². The van der Waals surface area contributed by atoms with E-state index in [1.165, 1.54) is 31.2 Å². The summed E-state index contributed by atoms with van der Waals surface area (Å²) in [6, 6.07) is 11.8. The molecule has 6 heteroatoms. The van der Waals surface area contributed by atoms with Gasteiger partial charge in [0.05, 0.1) is 27.4 Å². The van der Waals surface area contributed by atoms with Gasteiger partial charge in [-0.3, -0.25) is 4.79 Å². The van der Waals surface area contributed by atoms with E-state index in [0.717, 1.165) is 48.7 Å². The Morgan fingerprint density at radius 2 is 1.43 bits per heavy atom. The lowest BCUT2D eigenvalue weighted by Crippen LogP contribution is -2.41. The molecule has 3 fully saturated rings. The summed E-state index contributed by atoms with van der Waals surface area (Å²) in [5.74, 6) is 4.32. The van der Waals surface area contributed by atoms with Crippen molar-refractivity contribution in [3.63, 3.8) is 0 Å². The molecule has 0 aromatic heterocycles. The lowest BCUT2D eigenvalue weighted by Gasteiger charge is -2.33. The van der Waals surface area contributed by atoms with E-state index >= 15 is 0 Å². The van der Waals surface area contributed by atoms with Gasteiger partial charge in [-0.15, -0.1) is 0 Å². The lowest BCUT2D eigenvalue weighted by atomic mass is 9.79. The number of hydrogen-bond acceptors (Lipinski definition) is 5. The van der Waals surface area contributed by atoms with Gasteiger partial charge in [-0.1, -0.05) is 18.9 Å². The fourth-order valence-corrected chi connectivity index (χ4v) is 4.90. The highest BCUT2D eigenvalue weighted by atomic mass is 16.5. The Morgan fingerprint density at radius 3 is 2.03 bits per heavy atom. The first-order valence-electron chi connectivity index (χ1n) is 13.1. The van der Waals surface area contributed by atoms with Crippen LogP contribution in [0.2, 0.25) is 0 Å². The summed E-state index contributed by atoms with van der Waals surface area (Å²) in [6.07, 6.45) is 9.14. The third-order valence-corrected chi connectivity index (χ3v) is 7.43. The molecule has 3 aliphatic rings. The minimum absolute atomic E-state index is 0.0567. The first-order chi connectivity index (χ1) is 17.1. The first kappa shape index (κ1) is 23.8. The second-order valence-corrected chi connectivity index (χ2v) is 10.3. The molecular formula is C29H37NO5. The van der Waals surface area contributed by atoms with Gasteiger partial charge >= 0.3 is 0 Å². The minimum atomic E-state index is -0.0736. The Hall–Kier alpha value is -2.89. The molecule has 0 bridgehead atoms. The maximum absolute atomic E-state index is 13.5. The maximum atomic E-state index is 13.5. The average Bonchev–Trinajstić information content (AvgIpc) is 3.81. The third kappa shape index (κ3) is 6.22. The van der Waals surface area contributed by atoms with Crippen molar-refractivity contribution in [2.75, 3.05) is 27.4 Å². The molecule has 0 spiro atoms. The van der Waals surface area contributed by atoms with Crippen LogP contribution in [0.1, 0.15) is 73.2 Å². The molecule has 1 amide bonds. The van der Waals surface area contributed by atoms with Gasteiger partial charge < -0.3 is 24.3 Å². The maximum Gasteiger partial charge on any atom is 0.251 e. The van der Waals surface area contributed by atoms with E-state index in [-0.39, 0.29) is 17.9 Å². The molecule has 0 radical (unpaired) electrons. The molecule has 0 aliphatic heterocycles. The zero-order chi connectivity index (χ0) is 24.2. The van der Waals surface area contributed by atoms with Gasteiger partial charge in [0.25, 0.3) is 5.91 Å². The van der Waals surface area contributed by atoms with Crippen LogP contribution in [0.5, 0.6) is 23.0 Å². The molecule has 6 nitrogen and oxygen atoms in total. The van der Waals surface area contributed by atoms with E-state index in [1.54, 1.807) is 14.2 Å². The first-order valence-corrected chi connectivity index (χ1v) is 13.1. The zero-order valence-corrected chi connectivity index (χ0v) is 20.9. The molecule has 2 atom stereocenters. The van der Waals surface area contributed by atoms with E-state index < -0.39 is 0 Å². The lowest BCUT2D eigenvalue weighted by molar-refractivity contribution is 0.0919. The number of hydrogen-bond donors (Lipinski definition) is 1. The predicted octanol–water partition coefficient (Wildman–Crippen LogP) is 5.74. The second-order valence-electron chi connectivity index (χ2n) is 10.3. The fourth-order valence-electron chi connectivity index (χ4n) is 4.90. The normalized spacial score (nSPS) is 21.8. The van der Waals surface area contributed by atoms with Gasteiger partial charge in [0.15, 0.2) is 11.5 Å². The molecule has 0 saturated heterocycles. The van der Waals surface area contributed by atoms with Crippen LogP contribution in [0.25, 0.3) is 0 Å². The fraction of sp³-hybridized carbons (Fsp3) is 0.552. The molecule has 2 aromatic rings. The van der Waals surface area contributed by atoms with Crippen LogP contribution in [-0.2, 0) is 0 Å². The van der Waals surface area contributed by atoms with Gasteiger partial charge in [0.1, 0.15) is 11.5 Å². The van der Waals surface area contributed by atoms with E-state index in [9.17, 15) is 4.79 Å². The summed E-state index contributed by atoms with van der Waals surface area (Å²) < 4.78 is 23.0. The largest absolute Gasteiger partial charge is 0.493 e. The molecule has 0 heterocycles. The third-order valence-electron chi connectivity index (χ3n) is 7.43. The monoisotopic (exact) mass is 479 g/mol. The molecule has 35 heavy (non-hydrogen) atoms. The van der Waals surface area contributed by atoms with Crippen molar-refractivity contribution in [3.8, 4) is 23.0 Å². The second kappa shape index (κ2) is 10.8. The summed E-state index contributed by atoms with van der Waals surface area (Å²) in [5, 5.41) is 3.34. The predicted molar refractivity (Wildman–Crippen MR) is 135 cm³/mol. The summed E-state index contributed by atoms with van der Waals surface area (Å²) in [7, 11) is 3.30. The quantitative estimate of drug-likeness (QED) is 0.445. The Labute approximate surface area is 208 Å². The van der Waals surface area contributed by atoms with Gasteiger partial charge in [-0.05, 0) is 80.2 Å². The zero-order valence-electron chi connectivity index (χ0n) is 20.9. The minimum Gasteiger partial charge on any atom is -0.493 e. The van der Waals surface area contributed by atoms with Gasteiger partial charge in [-0.25, -0.2) is 0 Å². The topological polar surface area (TPSA) is 66.0 Å². The van der Waals surface area contributed by atoms with Crippen molar-refractivity contribution in [2.45, 2.75) is 63.3 Å². The summed E-state index contributed by atoms with van der Waals surface area (Å²) in [5.41, 5.74) is 1.77. The van der Waals surface area contributed by atoms with Crippen molar-refractivity contribution in [2.24, 2.45) is 11.8 Å². The highest BCUT2D eigenvalue weighted by Crippen LogP contribution is 2.38. The van der Waals surface area contributed by atoms with Crippen molar-refractivity contribution < 1.29 is 23.7 Å². The molecule has 3 saturated carbocycles. The molecule has 3 aliphatic carbocycles. The van der Waals surface area contributed by atoms with E-state index in [2.05, 4.69) is 11.4 Å². The SMILES string of the molecule is COc1ccc(C2CCCCC2NC(=O)c2cc(OCC3CC3)cc(OCC3CC3)c2)cc1OC. The number of carbonyl (C=O) groups excluding carboxylic acids is 1. The van der Waals surface area contributed by atoms with Gasteiger partial charge in [-0.2, -0.15) is 0 Å². The number of ether oxygens (including phenoxy) is 4. The van der Waals surface area contributed by atoms with E-state index in [0.29, 0.717) is 30.6 Å². The van der Waals surface area contributed by atoms with Crippen LogP contribution in [0.3, 0.4) is 0 Å². The Morgan fingerprint density at radius 1 is 0.800 bits per heavy atom. The van der Waals surface area contributed by atoms with Gasteiger partial charge in [0.2, 0.25) is 0 Å². The Balaban J connectivity index is 1.32. The van der Waals surface area contributed by atoms with Crippen LogP contribution in [0.15, 0.2) is 36.4 Å². The summed E-state index contributed by atoms with van der Waals surface area (Å²) >= 11 is 0. The molecule has 5 rings (SSSR count). The average molecular weight is 480 g/mol. The number of amides is 1. The number of methoxy groups -OCH3 is 2. The highest BCUT2D eigenvalue weighted by molar-refractivity contribution is 5.95. The van der Waals surface area contributed by atoms with Crippen molar-refractivity contribution in [1.82, 2.24) is 5.32 Å². The molecule has 1 N–H and O–H groups in total. The van der Waals surface area contributed by atoms with E-state index in [4.69, 9.17) is 18.9 Å². The molecular weight excluding hydrogens is 442 g/mol. The van der Waals surface area contributed by atoms with Crippen LogP contribution in [-0.4, -0.2) is 39.4 Å². The number of nitrogens with one attached hydrogen (secondary N) is 1. The van der Waals surface area contributed by atoms with Gasteiger partial charge in [0, 0.05) is 23.6 Å². The van der Waals surface area contributed by atoms with Crippen LogP contribution in [0, 0.1) is 11.8 Å². The number of benzene rings is 2. The standard InChI is InChI=1S/C29H37NO5/c1-32-27-12-11-21(15-28(27)33-2)25-5-3-4-6-26(25)30-29(31)22-13-23(34-17-19-7-8-19)16-24(14-22)35-18-20-9-10-20/h11-16,19-20,25-26H,3-10,17-18H2,1-2H3,(H,30,31). The Bertz CT molecular complexity index is 995.